The van der Waals surface area contributed by atoms with E-state index in [0.717, 1.165) is 25.5 Å². The van der Waals surface area contributed by atoms with Crippen LogP contribution in [0, 0.1) is 17.5 Å². The lowest BCUT2D eigenvalue weighted by atomic mass is 10.1. The zero-order chi connectivity index (χ0) is 24.9. The number of nitrogen functional groups attached to an aromatic ring is 1. The molecule has 3 aromatic rings. The van der Waals surface area contributed by atoms with Crippen LogP contribution in [0.25, 0.3) is 11.3 Å². The number of nitrogens with two attached hydrogens (primary N) is 1. The Hall–Kier alpha value is -3.99. The number of nitrogens with one attached hydrogen (secondary N) is 3. The Morgan fingerprint density at radius 2 is 1.97 bits per heavy atom. The average molecular weight is 484 g/mol. The summed E-state index contributed by atoms with van der Waals surface area (Å²) >= 11 is 0. The topological polar surface area (TPSA) is 122 Å². The summed E-state index contributed by atoms with van der Waals surface area (Å²) in [5.41, 5.74) is 6.54. The van der Waals surface area contributed by atoms with Crippen LogP contribution in [0.4, 0.5) is 19.0 Å². The molecule has 2 amide bonds. The first-order valence-electron chi connectivity index (χ1n) is 11.0. The van der Waals surface area contributed by atoms with Gasteiger partial charge < -0.3 is 21.7 Å². The van der Waals surface area contributed by atoms with Crippen LogP contribution >= 0.6 is 0 Å². The molecule has 4 rings (SSSR count). The van der Waals surface area contributed by atoms with Gasteiger partial charge in [-0.05, 0) is 37.6 Å². The first kappa shape index (κ1) is 24.1. The molecule has 1 atom stereocenters. The molecule has 0 saturated carbocycles. The van der Waals surface area contributed by atoms with E-state index in [2.05, 4.69) is 25.9 Å². The number of hydrogen-bond acceptors (Lipinski definition) is 6. The van der Waals surface area contributed by atoms with Gasteiger partial charge in [0.05, 0.1) is 11.9 Å². The minimum absolute atomic E-state index is 0.0201. The highest BCUT2D eigenvalue weighted by molar-refractivity contribution is 5.97. The van der Waals surface area contributed by atoms with E-state index < -0.39 is 35.8 Å². The monoisotopic (exact) mass is 484 g/mol. The summed E-state index contributed by atoms with van der Waals surface area (Å²) in [5, 5.41) is 8.54. The molecule has 1 saturated heterocycles. The second-order valence-corrected chi connectivity index (χ2v) is 8.13. The van der Waals surface area contributed by atoms with Crippen molar-refractivity contribution in [3.63, 3.8) is 0 Å². The second kappa shape index (κ2) is 10.5. The van der Waals surface area contributed by atoms with E-state index in [-0.39, 0.29) is 28.7 Å². The Bertz CT molecular complexity index is 1260. The van der Waals surface area contributed by atoms with Crippen molar-refractivity contribution in [2.45, 2.75) is 25.4 Å². The van der Waals surface area contributed by atoms with Gasteiger partial charge in [-0.15, -0.1) is 0 Å². The van der Waals surface area contributed by atoms with Crippen molar-refractivity contribution >= 4 is 17.6 Å². The number of piperidine rings is 1. The number of carbonyl (C=O) groups is 2. The highest BCUT2D eigenvalue weighted by Crippen LogP contribution is 2.21. The van der Waals surface area contributed by atoms with Crippen molar-refractivity contribution < 1.29 is 22.8 Å². The molecule has 0 spiro atoms. The van der Waals surface area contributed by atoms with Crippen LogP contribution in [-0.4, -0.2) is 40.9 Å². The Morgan fingerprint density at radius 3 is 2.74 bits per heavy atom. The van der Waals surface area contributed by atoms with Gasteiger partial charge in [0.25, 0.3) is 11.8 Å². The van der Waals surface area contributed by atoms with Gasteiger partial charge in [0.15, 0.2) is 23.1 Å². The standard InChI is InChI=1S/C24H23F3N6O2/c25-16-8-15(20(27)18(26)9-16)10-31-23(34)14-4-1-3-13(7-14)19-12-30-22(28)21(33-19)24(35)32-17-5-2-6-29-11-17/h1,3-4,7-9,12,17,29H,2,5-6,10-11H2,(H2,28,30)(H,31,34)(H,32,35). The zero-order valence-corrected chi connectivity index (χ0v) is 18.6. The molecule has 1 unspecified atom stereocenters. The van der Waals surface area contributed by atoms with Crippen LogP contribution in [0.2, 0.25) is 0 Å². The summed E-state index contributed by atoms with van der Waals surface area (Å²) < 4.78 is 40.6. The van der Waals surface area contributed by atoms with E-state index in [4.69, 9.17) is 5.73 Å². The first-order chi connectivity index (χ1) is 16.8. The van der Waals surface area contributed by atoms with Gasteiger partial charge in [0.2, 0.25) is 0 Å². The third kappa shape index (κ3) is 5.75. The number of nitrogens with zero attached hydrogens (tertiary/aromatic N) is 2. The number of carbonyl (C=O) groups excluding carboxylic acids is 2. The Labute approximate surface area is 199 Å². The molecule has 0 radical (unpaired) electrons. The van der Waals surface area contributed by atoms with E-state index in [1.165, 1.54) is 18.3 Å². The van der Waals surface area contributed by atoms with Crippen molar-refractivity contribution in [3.05, 3.63) is 76.9 Å². The molecule has 1 fully saturated rings. The summed E-state index contributed by atoms with van der Waals surface area (Å²) in [6.07, 6.45) is 3.17. The van der Waals surface area contributed by atoms with Crippen LogP contribution < -0.4 is 21.7 Å². The number of halogens is 3. The van der Waals surface area contributed by atoms with Crippen molar-refractivity contribution in [2.24, 2.45) is 0 Å². The minimum atomic E-state index is -1.34. The number of hydrogen-bond donors (Lipinski definition) is 4. The molecule has 1 aliphatic heterocycles. The Kier molecular flexibility index (Phi) is 7.25. The third-order valence-electron chi connectivity index (χ3n) is 5.58. The van der Waals surface area contributed by atoms with Crippen LogP contribution in [-0.2, 0) is 6.54 Å². The summed E-state index contributed by atoms with van der Waals surface area (Å²) in [4.78, 5) is 33.7. The Morgan fingerprint density at radius 1 is 1.14 bits per heavy atom. The molecule has 35 heavy (non-hydrogen) atoms. The molecular formula is C24H23F3N6O2. The van der Waals surface area contributed by atoms with E-state index in [0.29, 0.717) is 23.9 Å². The highest BCUT2D eigenvalue weighted by Gasteiger charge is 2.20. The molecule has 182 valence electrons. The fourth-order valence-corrected chi connectivity index (χ4v) is 3.77. The SMILES string of the molecule is Nc1ncc(-c2cccc(C(=O)NCc3cc(F)cc(F)c3F)c2)nc1C(=O)NC1CCCNC1. The van der Waals surface area contributed by atoms with Crippen molar-refractivity contribution in [2.75, 3.05) is 18.8 Å². The lowest BCUT2D eigenvalue weighted by molar-refractivity contribution is 0.0923. The zero-order valence-electron chi connectivity index (χ0n) is 18.6. The number of benzene rings is 2. The predicted octanol–water partition coefficient (Wildman–Crippen LogP) is 2.55. The van der Waals surface area contributed by atoms with Gasteiger partial charge in [-0.3, -0.25) is 9.59 Å². The molecule has 5 N–H and O–H groups in total. The lowest BCUT2D eigenvalue weighted by Crippen LogP contribution is -2.46. The molecule has 0 aliphatic carbocycles. The van der Waals surface area contributed by atoms with Crippen molar-refractivity contribution in [1.82, 2.24) is 25.9 Å². The fourth-order valence-electron chi connectivity index (χ4n) is 3.77. The fraction of sp³-hybridized carbons (Fsp3) is 0.250. The van der Waals surface area contributed by atoms with E-state index in [9.17, 15) is 22.8 Å². The Balaban J connectivity index is 1.50. The van der Waals surface area contributed by atoms with Crippen LogP contribution in [0.15, 0.2) is 42.6 Å². The summed E-state index contributed by atoms with van der Waals surface area (Å²) in [6, 6.07) is 7.49. The largest absolute Gasteiger partial charge is 0.382 e. The van der Waals surface area contributed by atoms with Gasteiger partial charge in [0, 0.05) is 41.9 Å². The van der Waals surface area contributed by atoms with Gasteiger partial charge >= 0.3 is 0 Å². The predicted molar refractivity (Wildman–Crippen MR) is 123 cm³/mol. The third-order valence-corrected chi connectivity index (χ3v) is 5.58. The average Bonchev–Trinajstić information content (AvgIpc) is 2.86. The molecular weight excluding hydrogens is 461 g/mol. The molecule has 11 heteroatoms. The van der Waals surface area contributed by atoms with Crippen molar-refractivity contribution in [1.29, 1.82) is 0 Å². The summed E-state index contributed by atoms with van der Waals surface area (Å²) in [6.45, 7) is 1.15. The quantitative estimate of drug-likeness (QED) is 0.399. The number of rotatable bonds is 6. The molecule has 2 heterocycles. The normalized spacial score (nSPS) is 15.5. The van der Waals surface area contributed by atoms with E-state index in [1.54, 1.807) is 12.1 Å². The molecule has 2 aromatic carbocycles. The maximum Gasteiger partial charge on any atom is 0.274 e. The van der Waals surface area contributed by atoms with Gasteiger partial charge in [-0.25, -0.2) is 23.1 Å². The van der Waals surface area contributed by atoms with Crippen LogP contribution in [0.5, 0.6) is 0 Å². The van der Waals surface area contributed by atoms with Crippen molar-refractivity contribution in [3.8, 4) is 11.3 Å². The highest BCUT2D eigenvalue weighted by atomic mass is 19.2. The van der Waals surface area contributed by atoms with E-state index in [1.807, 2.05) is 0 Å². The van der Waals surface area contributed by atoms with Crippen LogP contribution in [0.3, 0.4) is 0 Å². The smallest absolute Gasteiger partial charge is 0.274 e. The van der Waals surface area contributed by atoms with E-state index >= 15 is 0 Å². The minimum Gasteiger partial charge on any atom is -0.382 e. The molecule has 0 bridgehead atoms. The number of anilines is 1. The van der Waals surface area contributed by atoms with Gasteiger partial charge in [0.1, 0.15) is 5.82 Å². The van der Waals surface area contributed by atoms with Crippen LogP contribution in [0.1, 0.15) is 39.3 Å². The summed E-state index contributed by atoms with van der Waals surface area (Å²) in [7, 11) is 0. The van der Waals surface area contributed by atoms with Gasteiger partial charge in [-0.2, -0.15) is 0 Å². The maximum absolute atomic E-state index is 13.8. The second-order valence-electron chi connectivity index (χ2n) is 8.13. The molecule has 1 aromatic heterocycles. The molecule has 8 nitrogen and oxygen atoms in total. The summed E-state index contributed by atoms with van der Waals surface area (Å²) in [5.74, 6) is -4.57. The number of aromatic nitrogens is 2. The molecule has 1 aliphatic rings. The lowest BCUT2D eigenvalue weighted by Gasteiger charge is -2.23. The number of amides is 2. The van der Waals surface area contributed by atoms with Gasteiger partial charge in [-0.1, -0.05) is 12.1 Å². The maximum atomic E-state index is 13.8. The first-order valence-corrected chi connectivity index (χ1v) is 11.0.